The van der Waals surface area contributed by atoms with Gasteiger partial charge in [0.1, 0.15) is 0 Å². The summed E-state index contributed by atoms with van der Waals surface area (Å²) in [5.74, 6) is 0.476. The molecule has 6 heteroatoms. The molecule has 2 rings (SSSR count). The minimum Gasteiger partial charge on any atom is -0.210 e. The molecule has 1 N–H and O–H groups in total. The minimum absolute atomic E-state index is 0.0970. The zero-order valence-electron chi connectivity index (χ0n) is 9.07. The third kappa shape index (κ3) is 3.68. The predicted octanol–water partition coefficient (Wildman–Crippen LogP) is 2.74. The van der Waals surface area contributed by atoms with Gasteiger partial charge in [-0.3, -0.25) is 0 Å². The van der Waals surface area contributed by atoms with E-state index < -0.39 is 10.0 Å². The van der Waals surface area contributed by atoms with Crippen molar-refractivity contribution in [3.05, 3.63) is 28.7 Å². The van der Waals surface area contributed by atoms with Crippen LogP contribution in [0.1, 0.15) is 12.8 Å². The van der Waals surface area contributed by atoms with Crippen LogP contribution in [-0.4, -0.2) is 20.3 Å². The summed E-state index contributed by atoms with van der Waals surface area (Å²) in [6.45, 7) is 0.296. The van der Waals surface area contributed by atoms with E-state index in [1.165, 1.54) is 0 Å². The molecule has 0 amide bonds. The summed E-state index contributed by atoms with van der Waals surface area (Å²) in [4.78, 5) is 0.264. The highest BCUT2D eigenvalue weighted by molar-refractivity contribution is 9.10. The van der Waals surface area contributed by atoms with E-state index in [2.05, 4.69) is 20.7 Å². The van der Waals surface area contributed by atoms with Gasteiger partial charge in [0.05, 0.1) is 4.90 Å². The van der Waals surface area contributed by atoms with Crippen molar-refractivity contribution in [1.29, 1.82) is 0 Å². The molecule has 0 aliphatic heterocycles. The number of hydrogen-bond donors (Lipinski definition) is 1. The first kappa shape index (κ1) is 13.3. The molecule has 0 spiro atoms. The molecule has 1 saturated carbocycles. The van der Waals surface area contributed by atoms with Gasteiger partial charge in [-0.05, 0) is 43.0 Å². The van der Waals surface area contributed by atoms with Crippen molar-refractivity contribution >= 4 is 37.6 Å². The fourth-order valence-corrected chi connectivity index (χ4v) is 3.26. The van der Waals surface area contributed by atoms with Gasteiger partial charge in [-0.15, -0.1) is 11.6 Å². The molecule has 94 valence electrons. The molecule has 1 aromatic carbocycles. The van der Waals surface area contributed by atoms with Gasteiger partial charge in [-0.2, -0.15) is 0 Å². The molecule has 1 fully saturated rings. The molecule has 0 saturated heterocycles. The summed E-state index contributed by atoms with van der Waals surface area (Å²) < 4.78 is 27.2. The molecule has 17 heavy (non-hydrogen) atoms. The van der Waals surface area contributed by atoms with Crippen LogP contribution >= 0.6 is 27.5 Å². The van der Waals surface area contributed by atoms with E-state index >= 15 is 0 Å². The number of alkyl halides is 1. The molecular formula is C11H13BrClNO2S. The van der Waals surface area contributed by atoms with Crippen molar-refractivity contribution in [2.24, 2.45) is 5.92 Å². The maximum atomic E-state index is 11.9. The van der Waals surface area contributed by atoms with Gasteiger partial charge in [0.2, 0.25) is 10.0 Å². The second kappa shape index (κ2) is 5.26. The van der Waals surface area contributed by atoms with Crippen molar-refractivity contribution in [2.75, 3.05) is 6.54 Å². The Kier molecular flexibility index (Phi) is 4.13. The van der Waals surface area contributed by atoms with E-state index in [0.717, 1.165) is 17.3 Å². The van der Waals surface area contributed by atoms with Gasteiger partial charge in [-0.1, -0.05) is 15.9 Å². The van der Waals surface area contributed by atoms with Crippen molar-refractivity contribution < 1.29 is 8.42 Å². The Morgan fingerprint density at radius 3 is 2.47 bits per heavy atom. The molecular weight excluding hydrogens is 326 g/mol. The minimum atomic E-state index is -3.43. The summed E-state index contributed by atoms with van der Waals surface area (Å²) in [5, 5.41) is -0.0970. The van der Waals surface area contributed by atoms with E-state index in [1.807, 2.05) is 0 Å². The lowest BCUT2D eigenvalue weighted by atomic mass is 10.3. The number of hydrogen-bond acceptors (Lipinski definition) is 2. The van der Waals surface area contributed by atoms with Gasteiger partial charge in [0.25, 0.3) is 0 Å². The van der Waals surface area contributed by atoms with Crippen LogP contribution in [0.25, 0.3) is 0 Å². The summed E-state index contributed by atoms with van der Waals surface area (Å²) >= 11 is 9.33. The molecule has 1 aliphatic rings. The maximum Gasteiger partial charge on any atom is 0.240 e. The molecule has 1 aliphatic carbocycles. The highest BCUT2D eigenvalue weighted by Crippen LogP contribution is 2.35. The van der Waals surface area contributed by atoms with Gasteiger partial charge in [0, 0.05) is 16.4 Å². The maximum absolute atomic E-state index is 11.9. The lowest BCUT2D eigenvalue weighted by molar-refractivity contribution is 0.576. The third-order valence-corrected chi connectivity index (χ3v) is 5.20. The first-order chi connectivity index (χ1) is 7.99. The highest BCUT2D eigenvalue weighted by atomic mass is 79.9. The summed E-state index contributed by atoms with van der Waals surface area (Å²) in [6.07, 6.45) is 2.21. The van der Waals surface area contributed by atoms with Crippen LogP contribution in [0.4, 0.5) is 0 Å². The molecule has 0 aromatic heterocycles. The zero-order valence-corrected chi connectivity index (χ0v) is 12.2. The molecule has 0 bridgehead atoms. The smallest absolute Gasteiger partial charge is 0.210 e. The summed E-state index contributed by atoms with van der Waals surface area (Å²) in [6, 6.07) is 6.53. The van der Waals surface area contributed by atoms with Crippen LogP contribution in [0.5, 0.6) is 0 Å². The van der Waals surface area contributed by atoms with Gasteiger partial charge >= 0.3 is 0 Å². The number of nitrogens with one attached hydrogen (secondary N) is 1. The fraction of sp³-hybridized carbons (Fsp3) is 0.455. The molecule has 3 nitrogen and oxygen atoms in total. The highest BCUT2D eigenvalue weighted by Gasteiger charge is 2.30. The molecule has 0 heterocycles. The number of rotatable bonds is 5. The van der Waals surface area contributed by atoms with Gasteiger partial charge in [-0.25, -0.2) is 13.1 Å². The standard InChI is InChI=1S/C11H13BrClNO2S/c12-9-3-5-10(6-4-9)17(15,16)14-7-11(13)8-1-2-8/h3-6,8,11,14H,1-2,7H2. The SMILES string of the molecule is O=S(=O)(NCC(Cl)C1CC1)c1ccc(Br)cc1. The van der Waals surface area contributed by atoms with E-state index in [4.69, 9.17) is 11.6 Å². The second-order valence-electron chi connectivity index (χ2n) is 4.16. The normalized spacial score (nSPS) is 18.0. The average Bonchev–Trinajstić information content (AvgIpc) is 3.10. The summed E-state index contributed by atoms with van der Waals surface area (Å²) in [5.41, 5.74) is 0. The molecule has 0 radical (unpaired) electrons. The topological polar surface area (TPSA) is 46.2 Å². The van der Waals surface area contributed by atoms with Crippen molar-refractivity contribution in [3.8, 4) is 0 Å². The van der Waals surface area contributed by atoms with Crippen LogP contribution in [-0.2, 0) is 10.0 Å². The monoisotopic (exact) mass is 337 g/mol. The first-order valence-corrected chi connectivity index (χ1v) is 8.09. The predicted molar refractivity (Wildman–Crippen MR) is 71.7 cm³/mol. The number of benzene rings is 1. The molecule has 1 atom stereocenters. The zero-order chi connectivity index (χ0) is 12.5. The Labute approximate surface area is 115 Å². The Morgan fingerprint density at radius 2 is 1.94 bits per heavy atom. The van der Waals surface area contributed by atoms with E-state index in [1.54, 1.807) is 24.3 Å². The van der Waals surface area contributed by atoms with Crippen LogP contribution in [0, 0.1) is 5.92 Å². The molecule has 1 unspecified atom stereocenters. The number of sulfonamides is 1. The Hall–Kier alpha value is -0.100. The van der Waals surface area contributed by atoms with Gasteiger partial charge < -0.3 is 0 Å². The van der Waals surface area contributed by atoms with Crippen molar-refractivity contribution in [3.63, 3.8) is 0 Å². The van der Waals surface area contributed by atoms with E-state index in [-0.39, 0.29) is 10.3 Å². The molecule has 1 aromatic rings. The van der Waals surface area contributed by atoms with Crippen molar-refractivity contribution in [2.45, 2.75) is 23.1 Å². The summed E-state index contributed by atoms with van der Waals surface area (Å²) in [7, 11) is -3.43. The lowest BCUT2D eigenvalue weighted by Crippen LogP contribution is -2.30. The lowest BCUT2D eigenvalue weighted by Gasteiger charge is -2.10. The second-order valence-corrected chi connectivity index (χ2v) is 7.40. The van der Waals surface area contributed by atoms with Crippen LogP contribution in [0.3, 0.4) is 0 Å². The van der Waals surface area contributed by atoms with E-state index in [9.17, 15) is 8.42 Å². The average molecular weight is 339 g/mol. The van der Waals surface area contributed by atoms with Crippen LogP contribution in [0.15, 0.2) is 33.6 Å². The fourth-order valence-electron chi connectivity index (χ4n) is 1.51. The third-order valence-electron chi connectivity index (χ3n) is 2.73. The quantitative estimate of drug-likeness (QED) is 0.839. The Morgan fingerprint density at radius 1 is 1.35 bits per heavy atom. The van der Waals surface area contributed by atoms with Crippen LogP contribution < -0.4 is 4.72 Å². The Bertz CT molecular complexity index is 485. The first-order valence-electron chi connectivity index (χ1n) is 5.38. The van der Waals surface area contributed by atoms with Crippen molar-refractivity contribution in [1.82, 2.24) is 4.72 Å². The largest absolute Gasteiger partial charge is 0.240 e. The van der Waals surface area contributed by atoms with E-state index in [0.29, 0.717) is 12.5 Å². The van der Waals surface area contributed by atoms with Gasteiger partial charge in [0.15, 0.2) is 0 Å². The Balaban J connectivity index is 2.00. The van der Waals surface area contributed by atoms with Crippen LogP contribution in [0.2, 0.25) is 0 Å². The number of halogens is 2.